The van der Waals surface area contributed by atoms with Gasteiger partial charge in [-0.25, -0.2) is 4.79 Å². The normalized spacial score (nSPS) is 16.0. The molecule has 8 heteroatoms. The molecule has 2 aliphatic heterocycles. The maximum absolute atomic E-state index is 12.6. The first-order valence-electron chi connectivity index (χ1n) is 10.1. The molecule has 0 atom stereocenters. The summed E-state index contributed by atoms with van der Waals surface area (Å²) in [5, 5.41) is 0. The Balaban J connectivity index is 1.33. The minimum atomic E-state index is -0.476. The number of thioether (sulfide) groups is 2. The summed E-state index contributed by atoms with van der Waals surface area (Å²) in [6.07, 6.45) is 0.716. The molecule has 0 saturated carbocycles. The lowest BCUT2D eigenvalue weighted by Crippen LogP contribution is -2.38. The van der Waals surface area contributed by atoms with Gasteiger partial charge in [-0.3, -0.25) is 4.79 Å². The van der Waals surface area contributed by atoms with Crippen LogP contribution in [0.5, 0.6) is 11.5 Å². The van der Waals surface area contributed by atoms with Crippen LogP contribution in [-0.2, 0) is 22.5 Å². The highest BCUT2D eigenvalue weighted by molar-refractivity contribution is 8.19. The standard InChI is InChI=1S/C23H25NO5S2/c1-27-19-11-17-7-8-24(13-18(17)12-20(19)28-2)21(25)14-29-22(26)15-3-5-16(6-4-15)23-30-9-10-31-23/h3-6,11-12,23H,7-10,13-14H2,1-2H3. The van der Waals surface area contributed by atoms with Gasteiger partial charge in [0.1, 0.15) is 0 Å². The molecule has 0 radical (unpaired) electrons. The first-order chi connectivity index (χ1) is 15.1. The third-order valence-corrected chi connectivity index (χ3v) is 8.54. The molecule has 2 aromatic rings. The quantitative estimate of drug-likeness (QED) is 0.607. The van der Waals surface area contributed by atoms with E-state index < -0.39 is 5.97 Å². The van der Waals surface area contributed by atoms with Crippen molar-refractivity contribution in [3.63, 3.8) is 0 Å². The van der Waals surface area contributed by atoms with Crippen molar-refractivity contribution in [3.8, 4) is 11.5 Å². The monoisotopic (exact) mass is 459 g/mol. The van der Waals surface area contributed by atoms with E-state index in [0.717, 1.165) is 22.6 Å². The second kappa shape index (κ2) is 9.87. The smallest absolute Gasteiger partial charge is 0.338 e. The molecule has 2 aromatic carbocycles. The number of amides is 1. The molecule has 31 heavy (non-hydrogen) atoms. The van der Waals surface area contributed by atoms with E-state index in [-0.39, 0.29) is 12.5 Å². The summed E-state index contributed by atoms with van der Waals surface area (Å²) in [5.74, 6) is 2.95. The van der Waals surface area contributed by atoms with Gasteiger partial charge in [-0.05, 0) is 47.4 Å². The fourth-order valence-electron chi connectivity index (χ4n) is 3.73. The third-order valence-electron chi connectivity index (χ3n) is 5.44. The van der Waals surface area contributed by atoms with Crippen molar-refractivity contribution in [2.45, 2.75) is 17.5 Å². The number of carbonyl (C=O) groups is 2. The Morgan fingerprint density at radius 1 is 1.00 bits per heavy atom. The highest BCUT2D eigenvalue weighted by atomic mass is 32.2. The Hall–Kier alpha value is -2.32. The van der Waals surface area contributed by atoms with Crippen LogP contribution < -0.4 is 9.47 Å². The lowest BCUT2D eigenvalue weighted by atomic mass is 9.99. The van der Waals surface area contributed by atoms with Gasteiger partial charge >= 0.3 is 5.97 Å². The molecule has 0 spiro atoms. The zero-order valence-electron chi connectivity index (χ0n) is 17.6. The van der Waals surface area contributed by atoms with Crippen LogP contribution in [0.15, 0.2) is 36.4 Å². The van der Waals surface area contributed by atoms with Crippen LogP contribution in [-0.4, -0.2) is 55.7 Å². The zero-order chi connectivity index (χ0) is 21.8. The lowest BCUT2D eigenvalue weighted by Gasteiger charge is -2.29. The van der Waals surface area contributed by atoms with Gasteiger partial charge in [0.2, 0.25) is 0 Å². The summed E-state index contributed by atoms with van der Waals surface area (Å²) in [4.78, 5) is 26.7. The van der Waals surface area contributed by atoms with Crippen molar-refractivity contribution in [2.24, 2.45) is 0 Å². The summed E-state index contributed by atoms with van der Waals surface area (Å²) in [7, 11) is 3.20. The fraction of sp³-hybridized carbons (Fsp3) is 0.391. The lowest BCUT2D eigenvalue weighted by molar-refractivity contribution is -0.135. The summed E-state index contributed by atoms with van der Waals surface area (Å²) in [6, 6.07) is 11.4. The number of carbonyl (C=O) groups excluding carboxylic acids is 2. The van der Waals surface area contributed by atoms with Gasteiger partial charge in [0.05, 0.1) is 24.4 Å². The van der Waals surface area contributed by atoms with E-state index in [2.05, 4.69) is 0 Å². The number of hydrogen-bond acceptors (Lipinski definition) is 7. The predicted molar refractivity (Wildman–Crippen MR) is 123 cm³/mol. The summed E-state index contributed by atoms with van der Waals surface area (Å²) < 4.78 is 16.5. The van der Waals surface area contributed by atoms with E-state index in [4.69, 9.17) is 14.2 Å². The number of hydrogen-bond donors (Lipinski definition) is 0. The second-order valence-corrected chi connectivity index (χ2v) is 10.0. The van der Waals surface area contributed by atoms with Gasteiger partial charge < -0.3 is 19.1 Å². The molecular formula is C23H25NO5S2. The third kappa shape index (κ3) is 4.96. The number of ether oxygens (including phenoxy) is 3. The maximum Gasteiger partial charge on any atom is 0.338 e. The van der Waals surface area contributed by atoms with E-state index in [0.29, 0.717) is 41.2 Å². The molecule has 4 rings (SSSR count). The van der Waals surface area contributed by atoms with E-state index >= 15 is 0 Å². The van der Waals surface area contributed by atoms with Crippen LogP contribution in [0, 0.1) is 0 Å². The molecule has 0 N–H and O–H groups in total. The van der Waals surface area contributed by atoms with Crippen LogP contribution in [0.25, 0.3) is 0 Å². The van der Waals surface area contributed by atoms with Crippen LogP contribution >= 0.6 is 23.5 Å². The molecule has 0 aliphatic carbocycles. The maximum atomic E-state index is 12.6. The molecule has 1 amide bonds. The van der Waals surface area contributed by atoms with Crippen molar-refractivity contribution in [1.82, 2.24) is 4.90 Å². The minimum Gasteiger partial charge on any atom is -0.493 e. The average Bonchev–Trinajstić information content (AvgIpc) is 3.36. The summed E-state index contributed by atoms with van der Waals surface area (Å²) in [5.41, 5.74) is 3.82. The molecule has 0 bridgehead atoms. The van der Waals surface area contributed by atoms with Gasteiger partial charge in [0, 0.05) is 24.6 Å². The molecule has 1 fully saturated rings. The Labute approximate surface area is 190 Å². The van der Waals surface area contributed by atoms with Crippen LogP contribution in [0.4, 0.5) is 0 Å². The second-order valence-electron chi connectivity index (χ2n) is 7.31. The van der Waals surface area contributed by atoms with Crippen molar-refractivity contribution in [3.05, 3.63) is 58.7 Å². The number of fused-ring (bicyclic) bond motifs is 1. The SMILES string of the molecule is COc1cc2c(cc1OC)CN(C(=O)COC(=O)c1ccc(C3SCCS3)cc1)CC2. The van der Waals surface area contributed by atoms with Crippen LogP contribution in [0.2, 0.25) is 0 Å². The molecule has 0 unspecified atom stereocenters. The molecule has 0 aromatic heterocycles. The number of nitrogens with zero attached hydrogens (tertiary/aromatic N) is 1. The van der Waals surface area contributed by atoms with Gasteiger partial charge in [-0.15, -0.1) is 23.5 Å². The number of esters is 1. The van der Waals surface area contributed by atoms with Crippen molar-refractivity contribution in [1.29, 1.82) is 0 Å². The van der Waals surface area contributed by atoms with Crippen LogP contribution in [0.1, 0.15) is 31.6 Å². The molecular weight excluding hydrogens is 434 g/mol. The Morgan fingerprint density at radius 2 is 1.65 bits per heavy atom. The van der Waals surface area contributed by atoms with E-state index in [1.807, 2.05) is 47.8 Å². The highest BCUT2D eigenvalue weighted by Gasteiger charge is 2.24. The molecule has 2 aliphatic rings. The molecule has 6 nitrogen and oxygen atoms in total. The Morgan fingerprint density at radius 3 is 2.29 bits per heavy atom. The van der Waals surface area contributed by atoms with Gasteiger partial charge in [0.25, 0.3) is 5.91 Å². The van der Waals surface area contributed by atoms with Gasteiger partial charge in [-0.1, -0.05) is 12.1 Å². The zero-order valence-corrected chi connectivity index (χ0v) is 19.2. The van der Waals surface area contributed by atoms with E-state index in [1.54, 1.807) is 31.3 Å². The average molecular weight is 460 g/mol. The van der Waals surface area contributed by atoms with Crippen molar-refractivity contribution >= 4 is 35.4 Å². The first-order valence-corrected chi connectivity index (χ1v) is 12.2. The van der Waals surface area contributed by atoms with Gasteiger partial charge in [0.15, 0.2) is 18.1 Å². The molecule has 2 heterocycles. The van der Waals surface area contributed by atoms with E-state index in [1.165, 1.54) is 5.56 Å². The van der Waals surface area contributed by atoms with Crippen molar-refractivity contribution < 1.29 is 23.8 Å². The fourth-order valence-corrected chi connectivity index (χ4v) is 6.58. The van der Waals surface area contributed by atoms with Crippen LogP contribution in [0.3, 0.4) is 0 Å². The van der Waals surface area contributed by atoms with Crippen molar-refractivity contribution in [2.75, 3.05) is 38.9 Å². The molecule has 164 valence electrons. The van der Waals surface area contributed by atoms with Gasteiger partial charge in [-0.2, -0.15) is 0 Å². The Kier molecular flexibility index (Phi) is 6.97. The molecule has 1 saturated heterocycles. The largest absolute Gasteiger partial charge is 0.493 e. The number of rotatable bonds is 6. The van der Waals surface area contributed by atoms with E-state index in [9.17, 15) is 9.59 Å². The summed E-state index contributed by atoms with van der Waals surface area (Å²) in [6.45, 7) is 0.763. The first kappa shape index (κ1) is 21.9. The number of methoxy groups -OCH3 is 2. The number of benzene rings is 2. The topological polar surface area (TPSA) is 65.1 Å². The summed E-state index contributed by atoms with van der Waals surface area (Å²) >= 11 is 3.84. The Bertz CT molecular complexity index is 957. The highest BCUT2D eigenvalue weighted by Crippen LogP contribution is 2.45. The minimum absolute atomic E-state index is 0.204. The predicted octanol–water partition coefficient (Wildman–Crippen LogP) is 3.92.